The van der Waals surface area contributed by atoms with Gasteiger partial charge in [-0.2, -0.15) is 0 Å². The largest absolute Gasteiger partial charge is 0.493 e. The van der Waals surface area contributed by atoms with Crippen molar-refractivity contribution in [1.82, 2.24) is 9.97 Å². The summed E-state index contributed by atoms with van der Waals surface area (Å²) in [6.45, 7) is 3.12. The van der Waals surface area contributed by atoms with E-state index < -0.39 is 0 Å². The highest BCUT2D eigenvalue weighted by Gasteiger charge is 2.26. The van der Waals surface area contributed by atoms with Crippen molar-refractivity contribution in [1.29, 1.82) is 0 Å². The molecule has 0 saturated carbocycles. The number of fused-ring (bicyclic) bond motifs is 3. The Kier molecular flexibility index (Phi) is 5.58. The summed E-state index contributed by atoms with van der Waals surface area (Å²) in [5, 5.41) is 1.23. The van der Waals surface area contributed by atoms with Crippen LogP contribution in [0.4, 0.5) is 5.82 Å². The van der Waals surface area contributed by atoms with Gasteiger partial charge in [-0.3, -0.25) is 0 Å². The van der Waals surface area contributed by atoms with Crippen LogP contribution in [0.1, 0.15) is 23.3 Å². The standard InChI is InChI=1S/C23H27N3O4S/c1-27-16-12-14(13-17(28-2)20(16)29-3)21-24-22(26-8-10-30-11-9-26)19-15-6-4-5-7-18(15)31-23(19)25-21/h12-13H,4-11H2,1-3H3. The van der Waals surface area contributed by atoms with Crippen molar-refractivity contribution in [2.45, 2.75) is 25.7 Å². The number of aryl methyl sites for hydroxylation is 2. The average Bonchev–Trinajstić information content (AvgIpc) is 3.21. The summed E-state index contributed by atoms with van der Waals surface area (Å²) in [5.74, 6) is 3.45. The smallest absolute Gasteiger partial charge is 0.203 e. The number of nitrogens with zero attached hydrogens (tertiary/aromatic N) is 3. The number of anilines is 1. The molecule has 31 heavy (non-hydrogen) atoms. The van der Waals surface area contributed by atoms with Crippen molar-refractivity contribution in [2.24, 2.45) is 0 Å². The summed E-state index contributed by atoms with van der Waals surface area (Å²) in [6, 6.07) is 3.83. The second-order valence-electron chi connectivity index (χ2n) is 7.78. The summed E-state index contributed by atoms with van der Waals surface area (Å²) >= 11 is 1.82. The Balaban J connectivity index is 1.71. The van der Waals surface area contributed by atoms with Crippen LogP contribution in [0.15, 0.2) is 12.1 Å². The van der Waals surface area contributed by atoms with E-state index in [1.807, 2.05) is 23.5 Å². The van der Waals surface area contributed by atoms with E-state index in [4.69, 9.17) is 28.9 Å². The topological polar surface area (TPSA) is 65.9 Å². The van der Waals surface area contributed by atoms with E-state index in [1.165, 1.54) is 28.7 Å². The number of hydrogen-bond donors (Lipinski definition) is 0. The minimum absolute atomic E-state index is 0.565. The Hall–Kier alpha value is -2.58. The molecule has 1 aromatic carbocycles. The molecule has 2 aliphatic rings. The highest BCUT2D eigenvalue weighted by atomic mass is 32.1. The van der Waals surface area contributed by atoms with Crippen molar-refractivity contribution in [3.8, 4) is 28.6 Å². The van der Waals surface area contributed by atoms with Crippen LogP contribution >= 0.6 is 11.3 Å². The van der Waals surface area contributed by atoms with Crippen LogP contribution in [0.3, 0.4) is 0 Å². The summed E-state index contributed by atoms with van der Waals surface area (Å²) < 4.78 is 22.2. The Morgan fingerprint density at radius 3 is 2.32 bits per heavy atom. The predicted octanol–water partition coefficient (Wildman–Crippen LogP) is 4.10. The van der Waals surface area contributed by atoms with Crippen molar-refractivity contribution >= 4 is 27.4 Å². The lowest BCUT2D eigenvalue weighted by molar-refractivity contribution is 0.122. The third-order valence-electron chi connectivity index (χ3n) is 6.03. The summed E-state index contributed by atoms with van der Waals surface area (Å²) in [4.78, 5) is 15.0. The number of benzene rings is 1. The first-order valence-corrected chi connectivity index (χ1v) is 11.5. The fourth-order valence-electron chi connectivity index (χ4n) is 4.48. The average molecular weight is 442 g/mol. The van der Waals surface area contributed by atoms with Gasteiger partial charge in [0.05, 0.1) is 39.9 Å². The quantitative estimate of drug-likeness (QED) is 0.591. The van der Waals surface area contributed by atoms with Gasteiger partial charge in [0.15, 0.2) is 17.3 Å². The molecule has 1 saturated heterocycles. The number of thiophene rings is 1. The summed E-state index contributed by atoms with van der Waals surface area (Å²) in [7, 11) is 4.85. The van der Waals surface area contributed by atoms with Crippen LogP contribution < -0.4 is 19.1 Å². The van der Waals surface area contributed by atoms with Crippen LogP contribution in [0.5, 0.6) is 17.2 Å². The van der Waals surface area contributed by atoms with E-state index in [0.717, 1.165) is 55.4 Å². The van der Waals surface area contributed by atoms with Crippen LogP contribution in [-0.2, 0) is 17.6 Å². The lowest BCUT2D eigenvalue weighted by Crippen LogP contribution is -2.37. The highest BCUT2D eigenvalue weighted by molar-refractivity contribution is 7.19. The fraction of sp³-hybridized carbons (Fsp3) is 0.478. The van der Waals surface area contributed by atoms with E-state index in [2.05, 4.69) is 4.90 Å². The second kappa shape index (κ2) is 8.51. The zero-order chi connectivity index (χ0) is 21.4. The van der Waals surface area contributed by atoms with Gasteiger partial charge in [-0.25, -0.2) is 9.97 Å². The van der Waals surface area contributed by atoms with Crippen molar-refractivity contribution < 1.29 is 18.9 Å². The van der Waals surface area contributed by atoms with Crippen molar-refractivity contribution in [2.75, 3.05) is 52.5 Å². The van der Waals surface area contributed by atoms with Gasteiger partial charge in [-0.1, -0.05) is 0 Å². The lowest BCUT2D eigenvalue weighted by Gasteiger charge is -2.29. The monoisotopic (exact) mass is 441 g/mol. The molecule has 0 N–H and O–H groups in total. The van der Waals surface area contributed by atoms with Crippen LogP contribution in [0.25, 0.3) is 21.6 Å². The van der Waals surface area contributed by atoms with Gasteiger partial charge in [0, 0.05) is 23.5 Å². The molecule has 5 rings (SSSR count). The zero-order valence-corrected chi connectivity index (χ0v) is 19.0. The van der Waals surface area contributed by atoms with E-state index in [9.17, 15) is 0 Å². The van der Waals surface area contributed by atoms with Crippen LogP contribution in [0.2, 0.25) is 0 Å². The molecule has 0 radical (unpaired) electrons. The predicted molar refractivity (Wildman–Crippen MR) is 122 cm³/mol. The van der Waals surface area contributed by atoms with Gasteiger partial charge in [-0.15, -0.1) is 11.3 Å². The molecule has 0 atom stereocenters. The van der Waals surface area contributed by atoms with E-state index in [0.29, 0.717) is 23.1 Å². The van der Waals surface area contributed by atoms with E-state index >= 15 is 0 Å². The van der Waals surface area contributed by atoms with Gasteiger partial charge in [0.25, 0.3) is 0 Å². The molecule has 0 amide bonds. The van der Waals surface area contributed by atoms with Crippen molar-refractivity contribution in [3.63, 3.8) is 0 Å². The van der Waals surface area contributed by atoms with Gasteiger partial charge >= 0.3 is 0 Å². The molecular formula is C23H27N3O4S. The molecule has 0 bridgehead atoms. The maximum Gasteiger partial charge on any atom is 0.203 e. The molecule has 1 aliphatic carbocycles. The van der Waals surface area contributed by atoms with Crippen LogP contribution in [-0.4, -0.2) is 57.6 Å². The first kappa shape index (κ1) is 20.3. The third kappa shape index (κ3) is 3.57. The minimum Gasteiger partial charge on any atom is -0.493 e. The Labute approximate surface area is 185 Å². The molecule has 1 aliphatic heterocycles. The zero-order valence-electron chi connectivity index (χ0n) is 18.2. The number of aromatic nitrogens is 2. The molecule has 3 aromatic rings. The molecule has 1 fully saturated rings. The minimum atomic E-state index is 0.565. The molecule has 8 heteroatoms. The number of hydrogen-bond acceptors (Lipinski definition) is 8. The molecule has 3 heterocycles. The van der Waals surface area contributed by atoms with Gasteiger partial charge < -0.3 is 23.8 Å². The maximum atomic E-state index is 5.60. The van der Waals surface area contributed by atoms with Gasteiger partial charge in [0.2, 0.25) is 5.75 Å². The first-order chi connectivity index (χ1) is 15.2. The number of ether oxygens (including phenoxy) is 4. The Bertz CT molecular complexity index is 1080. The van der Waals surface area contributed by atoms with Gasteiger partial charge in [0.1, 0.15) is 10.6 Å². The molecule has 164 valence electrons. The maximum absolute atomic E-state index is 5.60. The number of rotatable bonds is 5. The van der Waals surface area contributed by atoms with Crippen LogP contribution in [0, 0.1) is 0 Å². The lowest BCUT2D eigenvalue weighted by atomic mass is 9.97. The normalized spacial score (nSPS) is 16.3. The Morgan fingerprint density at radius 1 is 0.935 bits per heavy atom. The van der Waals surface area contributed by atoms with E-state index in [-0.39, 0.29) is 0 Å². The summed E-state index contributed by atoms with van der Waals surface area (Å²) in [5.41, 5.74) is 2.29. The van der Waals surface area contributed by atoms with E-state index in [1.54, 1.807) is 21.3 Å². The molecule has 0 unspecified atom stereocenters. The summed E-state index contributed by atoms with van der Waals surface area (Å²) in [6.07, 6.45) is 4.73. The molecular weight excluding hydrogens is 414 g/mol. The second-order valence-corrected chi connectivity index (χ2v) is 8.86. The third-order valence-corrected chi connectivity index (χ3v) is 7.21. The first-order valence-electron chi connectivity index (χ1n) is 10.7. The fourth-order valence-corrected chi connectivity index (χ4v) is 5.74. The molecule has 2 aromatic heterocycles. The molecule has 7 nitrogen and oxygen atoms in total. The SMILES string of the molecule is COc1cc(-c2nc(N3CCOCC3)c3c4c(sc3n2)CCCC4)cc(OC)c1OC. The number of methoxy groups -OCH3 is 3. The Morgan fingerprint density at radius 2 is 1.65 bits per heavy atom. The van der Waals surface area contributed by atoms with Gasteiger partial charge in [-0.05, 0) is 43.4 Å². The molecule has 0 spiro atoms. The van der Waals surface area contributed by atoms with Crippen molar-refractivity contribution in [3.05, 3.63) is 22.6 Å². The highest BCUT2D eigenvalue weighted by Crippen LogP contribution is 2.44. The number of morpholine rings is 1.